The molecule has 1 aliphatic heterocycles. The molecule has 0 radical (unpaired) electrons. The van der Waals surface area contributed by atoms with Crippen LogP contribution in [0.25, 0.3) is 0 Å². The number of ether oxygens (including phenoxy) is 1. The van der Waals surface area contributed by atoms with E-state index in [0.717, 1.165) is 12.0 Å². The third kappa shape index (κ3) is 3.48. The standard InChI is InChI=1S/C13H16N2O3/c16-12(10-15-7-4-8-18-13(15)17)14-9-11-5-2-1-3-6-11/h1-3,5-6H,4,7-10H2,(H,14,16). The molecule has 1 aliphatic rings. The summed E-state index contributed by atoms with van der Waals surface area (Å²) >= 11 is 0. The maximum atomic E-state index is 11.7. The molecule has 1 saturated heterocycles. The van der Waals surface area contributed by atoms with Gasteiger partial charge in [0.1, 0.15) is 6.54 Å². The number of cyclic esters (lactones) is 1. The lowest BCUT2D eigenvalue weighted by Gasteiger charge is -2.25. The Hall–Kier alpha value is -2.04. The summed E-state index contributed by atoms with van der Waals surface area (Å²) in [6, 6.07) is 9.65. The Balaban J connectivity index is 1.76. The van der Waals surface area contributed by atoms with Crippen LogP contribution in [-0.4, -0.2) is 36.6 Å². The normalized spacial score (nSPS) is 15.1. The van der Waals surface area contributed by atoms with E-state index in [1.165, 1.54) is 4.90 Å². The minimum atomic E-state index is -0.406. The van der Waals surface area contributed by atoms with Crippen molar-refractivity contribution in [1.29, 1.82) is 0 Å². The third-order valence-electron chi connectivity index (χ3n) is 2.72. The highest BCUT2D eigenvalue weighted by atomic mass is 16.6. The van der Waals surface area contributed by atoms with E-state index in [2.05, 4.69) is 5.32 Å². The average molecular weight is 248 g/mol. The Labute approximate surface area is 106 Å². The van der Waals surface area contributed by atoms with Crippen molar-refractivity contribution in [2.75, 3.05) is 19.7 Å². The van der Waals surface area contributed by atoms with Crippen molar-refractivity contribution < 1.29 is 14.3 Å². The van der Waals surface area contributed by atoms with E-state index in [9.17, 15) is 9.59 Å². The van der Waals surface area contributed by atoms with Gasteiger partial charge in [-0.3, -0.25) is 9.69 Å². The first kappa shape index (κ1) is 12.4. The van der Waals surface area contributed by atoms with Crippen LogP contribution in [0, 0.1) is 0 Å². The monoisotopic (exact) mass is 248 g/mol. The van der Waals surface area contributed by atoms with Crippen LogP contribution >= 0.6 is 0 Å². The van der Waals surface area contributed by atoms with E-state index in [4.69, 9.17) is 4.74 Å². The fourth-order valence-electron chi connectivity index (χ4n) is 1.77. The van der Waals surface area contributed by atoms with Crippen molar-refractivity contribution in [2.45, 2.75) is 13.0 Å². The van der Waals surface area contributed by atoms with Crippen LogP contribution < -0.4 is 5.32 Å². The van der Waals surface area contributed by atoms with Crippen LogP contribution in [0.5, 0.6) is 0 Å². The maximum Gasteiger partial charge on any atom is 0.410 e. The summed E-state index contributed by atoms with van der Waals surface area (Å²) in [4.78, 5) is 24.4. The largest absolute Gasteiger partial charge is 0.449 e. The predicted molar refractivity (Wildman–Crippen MR) is 65.8 cm³/mol. The van der Waals surface area contributed by atoms with Crippen molar-refractivity contribution in [2.24, 2.45) is 0 Å². The molecule has 1 aromatic rings. The van der Waals surface area contributed by atoms with Crippen molar-refractivity contribution in [1.82, 2.24) is 10.2 Å². The van der Waals surface area contributed by atoms with Gasteiger partial charge in [-0.05, 0) is 12.0 Å². The molecule has 2 rings (SSSR count). The lowest BCUT2D eigenvalue weighted by Crippen LogP contribution is -2.44. The Bertz CT molecular complexity index is 420. The van der Waals surface area contributed by atoms with Crippen LogP contribution in [0.15, 0.2) is 30.3 Å². The zero-order valence-electron chi connectivity index (χ0n) is 10.1. The number of carbonyl (C=O) groups excluding carboxylic acids is 2. The quantitative estimate of drug-likeness (QED) is 0.869. The van der Waals surface area contributed by atoms with E-state index in [1.807, 2.05) is 30.3 Å². The molecule has 1 aromatic carbocycles. The summed E-state index contributed by atoms with van der Waals surface area (Å²) in [5.41, 5.74) is 1.03. The van der Waals surface area contributed by atoms with Crippen LogP contribution in [0.3, 0.4) is 0 Å². The molecule has 0 aromatic heterocycles. The lowest BCUT2D eigenvalue weighted by molar-refractivity contribution is -0.122. The number of nitrogens with zero attached hydrogens (tertiary/aromatic N) is 1. The number of nitrogens with one attached hydrogen (secondary N) is 1. The Morgan fingerprint density at radius 1 is 1.33 bits per heavy atom. The van der Waals surface area contributed by atoms with Gasteiger partial charge < -0.3 is 10.1 Å². The zero-order valence-corrected chi connectivity index (χ0v) is 10.1. The second-order valence-corrected chi connectivity index (χ2v) is 4.15. The number of carbonyl (C=O) groups is 2. The molecule has 1 N–H and O–H groups in total. The summed E-state index contributed by atoms with van der Waals surface area (Å²) in [6.45, 7) is 1.56. The molecule has 0 bridgehead atoms. The summed E-state index contributed by atoms with van der Waals surface area (Å²) in [7, 11) is 0. The van der Waals surface area contributed by atoms with E-state index in [-0.39, 0.29) is 12.5 Å². The predicted octanol–water partition coefficient (Wildman–Crippen LogP) is 1.15. The van der Waals surface area contributed by atoms with Crippen molar-refractivity contribution in [3.63, 3.8) is 0 Å². The second-order valence-electron chi connectivity index (χ2n) is 4.15. The van der Waals surface area contributed by atoms with Crippen LogP contribution in [0.1, 0.15) is 12.0 Å². The Morgan fingerprint density at radius 3 is 2.83 bits per heavy atom. The summed E-state index contributed by atoms with van der Waals surface area (Å²) in [5.74, 6) is -0.169. The first-order valence-electron chi connectivity index (χ1n) is 5.98. The summed E-state index contributed by atoms with van der Waals surface area (Å²) in [5, 5.41) is 2.78. The lowest BCUT2D eigenvalue weighted by atomic mass is 10.2. The van der Waals surface area contributed by atoms with Crippen molar-refractivity contribution in [3.8, 4) is 0 Å². The summed E-state index contributed by atoms with van der Waals surface area (Å²) < 4.78 is 4.86. The van der Waals surface area contributed by atoms with Gasteiger partial charge in [-0.2, -0.15) is 0 Å². The molecule has 1 fully saturated rings. The first-order chi connectivity index (χ1) is 8.75. The second kappa shape index (κ2) is 6.05. The molecule has 0 unspecified atom stereocenters. The molecule has 0 aliphatic carbocycles. The first-order valence-corrected chi connectivity index (χ1v) is 5.98. The van der Waals surface area contributed by atoms with Crippen LogP contribution in [0.4, 0.5) is 4.79 Å². The number of amides is 2. The molecule has 1 heterocycles. The van der Waals surface area contributed by atoms with Gasteiger partial charge in [-0.15, -0.1) is 0 Å². The highest BCUT2D eigenvalue weighted by molar-refractivity contribution is 5.82. The molecular weight excluding hydrogens is 232 g/mol. The topological polar surface area (TPSA) is 58.6 Å². The van der Waals surface area contributed by atoms with E-state index in [0.29, 0.717) is 19.7 Å². The third-order valence-corrected chi connectivity index (χ3v) is 2.72. The van der Waals surface area contributed by atoms with E-state index in [1.54, 1.807) is 0 Å². The molecule has 2 amide bonds. The number of rotatable bonds is 4. The van der Waals surface area contributed by atoms with Crippen molar-refractivity contribution >= 4 is 12.0 Å². The van der Waals surface area contributed by atoms with E-state index < -0.39 is 6.09 Å². The smallest absolute Gasteiger partial charge is 0.410 e. The van der Waals surface area contributed by atoms with Crippen LogP contribution in [-0.2, 0) is 16.1 Å². The molecule has 0 spiro atoms. The molecule has 5 heteroatoms. The molecule has 0 saturated carbocycles. The molecule has 18 heavy (non-hydrogen) atoms. The minimum Gasteiger partial charge on any atom is -0.449 e. The average Bonchev–Trinajstić information content (AvgIpc) is 2.40. The Morgan fingerprint density at radius 2 is 2.11 bits per heavy atom. The fourth-order valence-corrected chi connectivity index (χ4v) is 1.77. The zero-order chi connectivity index (χ0) is 12.8. The van der Waals surface area contributed by atoms with Gasteiger partial charge in [-0.1, -0.05) is 30.3 Å². The number of benzene rings is 1. The van der Waals surface area contributed by atoms with Crippen LogP contribution in [0.2, 0.25) is 0 Å². The molecular formula is C13H16N2O3. The molecule has 5 nitrogen and oxygen atoms in total. The maximum absolute atomic E-state index is 11.7. The van der Waals surface area contributed by atoms with Gasteiger partial charge in [0.05, 0.1) is 6.61 Å². The summed E-state index contributed by atoms with van der Waals surface area (Å²) in [6.07, 6.45) is 0.369. The molecule has 96 valence electrons. The SMILES string of the molecule is O=C(CN1CCCOC1=O)NCc1ccccc1. The number of hydrogen-bond acceptors (Lipinski definition) is 3. The minimum absolute atomic E-state index is 0.0612. The van der Waals surface area contributed by atoms with Gasteiger partial charge in [0.2, 0.25) is 5.91 Å². The van der Waals surface area contributed by atoms with Gasteiger partial charge in [-0.25, -0.2) is 4.79 Å². The van der Waals surface area contributed by atoms with Gasteiger partial charge in [0, 0.05) is 13.1 Å². The highest BCUT2D eigenvalue weighted by Gasteiger charge is 2.21. The Kier molecular flexibility index (Phi) is 4.17. The van der Waals surface area contributed by atoms with Gasteiger partial charge in [0.15, 0.2) is 0 Å². The van der Waals surface area contributed by atoms with Gasteiger partial charge >= 0.3 is 6.09 Å². The van der Waals surface area contributed by atoms with Crippen molar-refractivity contribution in [3.05, 3.63) is 35.9 Å². The fraction of sp³-hybridized carbons (Fsp3) is 0.385. The highest BCUT2D eigenvalue weighted by Crippen LogP contribution is 2.04. The number of hydrogen-bond donors (Lipinski definition) is 1. The molecule has 0 atom stereocenters. The van der Waals surface area contributed by atoms with E-state index >= 15 is 0 Å². The van der Waals surface area contributed by atoms with Gasteiger partial charge in [0.25, 0.3) is 0 Å².